The van der Waals surface area contributed by atoms with E-state index >= 15 is 0 Å². The molecule has 0 spiro atoms. The van der Waals surface area contributed by atoms with Gasteiger partial charge >= 0.3 is 0 Å². The molecule has 2 heterocycles. The van der Waals surface area contributed by atoms with Crippen molar-refractivity contribution in [1.29, 1.82) is 0 Å². The van der Waals surface area contributed by atoms with Crippen LogP contribution in [0.25, 0.3) is 0 Å². The smallest absolute Gasteiger partial charge is 0.243 e. The summed E-state index contributed by atoms with van der Waals surface area (Å²) in [5, 5.41) is 0. The number of hydrogen-bond donors (Lipinski definition) is 0. The maximum absolute atomic E-state index is 12.8. The van der Waals surface area contributed by atoms with Crippen LogP contribution in [0.4, 0.5) is 0 Å². The summed E-state index contributed by atoms with van der Waals surface area (Å²) in [6.07, 6.45) is 4.75. The number of benzene rings is 1. The van der Waals surface area contributed by atoms with E-state index < -0.39 is 10.0 Å². The van der Waals surface area contributed by atoms with E-state index in [9.17, 15) is 8.42 Å². The van der Waals surface area contributed by atoms with E-state index in [1.54, 1.807) is 55.9 Å². The summed E-state index contributed by atoms with van der Waals surface area (Å²) in [6.45, 7) is 0.848. The zero-order valence-corrected chi connectivity index (χ0v) is 14.3. The second kappa shape index (κ2) is 7.19. The van der Waals surface area contributed by atoms with Crippen LogP contribution in [0.2, 0.25) is 0 Å². The highest BCUT2D eigenvalue weighted by molar-refractivity contribution is 7.89. The maximum atomic E-state index is 12.8. The van der Waals surface area contributed by atoms with Gasteiger partial charge < -0.3 is 9.47 Å². The van der Waals surface area contributed by atoms with Crippen LogP contribution >= 0.6 is 0 Å². The molecule has 1 unspecified atom stereocenters. The lowest BCUT2D eigenvalue weighted by molar-refractivity contribution is 0.129. The van der Waals surface area contributed by atoms with E-state index in [4.69, 9.17) is 9.47 Å². The number of ether oxygens (including phenoxy) is 2. The van der Waals surface area contributed by atoms with Gasteiger partial charge in [-0.3, -0.25) is 4.98 Å². The molecule has 6 nitrogen and oxygen atoms in total. The fourth-order valence-corrected chi connectivity index (χ4v) is 4.24. The Balaban J connectivity index is 1.73. The molecule has 1 aliphatic heterocycles. The Hall–Kier alpha value is -2.12. The van der Waals surface area contributed by atoms with Gasteiger partial charge in [-0.1, -0.05) is 0 Å². The Morgan fingerprint density at radius 3 is 2.46 bits per heavy atom. The van der Waals surface area contributed by atoms with Gasteiger partial charge in [0.15, 0.2) is 0 Å². The molecule has 1 atom stereocenters. The average molecular weight is 348 g/mol. The van der Waals surface area contributed by atoms with Crippen molar-refractivity contribution in [3.63, 3.8) is 0 Å². The van der Waals surface area contributed by atoms with Gasteiger partial charge in [0.2, 0.25) is 10.0 Å². The molecule has 0 bridgehead atoms. The molecule has 128 valence electrons. The monoisotopic (exact) mass is 348 g/mol. The third kappa shape index (κ3) is 3.68. The van der Waals surface area contributed by atoms with Gasteiger partial charge in [0.05, 0.1) is 18.6 Å². The first-order valence-corrected chi connectivity index (χ1v) is 9.24. The van der Waals surface area contributed by atoms with Gasteiger partial charge in [-0.25, -0.2) is 8.42 Å². The molecular weight excluding hydrogens is 328 g/mol. The largest absolute Gasteiger partial charge is 0.497 e. The summed E-state index contributed by atoms with van der Waals surface area (Å²) < 4.78 is 38.1. The molecule has 24 heavy (non-hydrogen) atoms. The summed E-state index contributed by atoms with van der Waals surface area (Å²) in [6, 6.07) is 10.0. The van der Waals surface area contributed by atoms with Gasteiger partial charge in [-0.05, 0) is 49.2 Å². The van der Waals surface area contributed by atoms with Crippen LogP contribution in [0.3, 0.4) is 0 Å². The fourth-order valence-electron chi connectivity index (χ4n) is 2.73. The van der Waals surface area contributed by atoms with Crippen LogP contribution in [0.15, 0.2) is 53.7 Å². The molecule has 0 aliphatic carbocycles. The minimum atomic E-state index is -3.53. The van der Waals surface area contributed by atoms with Crippen molar-refractivity contribution in [2.75, 3.05) is 20.2 Å². The molecule has 0 radical (unpaired) electrons. The minimum absolute atomic E-state index is 0.158. The van der Waals surface area contributed by atoms with Gasteiger partial charge in [0.1, 0.15) is 17.6 Å². The third-order valence-electron chi connectivity index (χ3n) is 3.99. The van der Waals surface area contributed by atoms with Crippen LogP contribution in [0.1, 0.15) is 12.8 Å². The quantitative estimate of drug-likeness (QED) is 0.829. The lowest BCUT2D eigenvalue weighted by atomic mass is 10.1. The number of aromatic nitrogens is 1. The topological polar surface area (TPSA) is 68.7 Å². The lowest BCUT2D eigenvalue weighted by Gasteiger charge is -2.32. The van der Waals surface area contributed by atoms with Crippen molar-refractivity contribution in [3.8, 4) is 11.5 Å². The zero-order chi connectivity index (χ0) is 17.0. The Kier molecular flexibility index (Phi) is 5.01. The van der Waals surface area contributed by atoms with Gasteiger partial charge in [0, 0.05) is 18.9 Å². The first-order valence-electron chi connectivity index (χ1n) is 7.80. The fraction of sp³-hybridized carbons (Fsp3) is 0.353. The van der Waals surface area contributed by atoms with Gasteiger partial charge in [0.25, 0.3) is 0 Å². The predicted octanol–water partition coefficient (Wildman–Crippen LogP) is 2.32. The molecule has 1 saturated heterocycles. The normalized spacial score (nSPS) is 19.0. The van der Waals surface area contributed by atoms with Crippen molar-refractivity contribution in [1.82, 2.24) is 9.29 Å². The molecule has 1 aromatic heterocycles. The Labute approximate surface area is 142 Å². The first kappa shape index (κ1) is 16.7. The van der Waals surface area contributed by atoms with E-state index in [1.165, 1.54) is 4.31 Å². The van der Waals surface area contributed by atoms with E-state index in [-0.39, 0.29) is 11.0 Å². The van der Waals surface area contributed by atoms with Gasteiger partial charge in [-0.2, -0.15) is 4.31 Å². The van der Waals surface area contributed by atoms with Crippen molar-refractivity contribution in [2.45, 2.75) is 23.8 Å². The van der Waals surface area contributed by atoms with Crippen LogP contribution < -0.4 is 9.47 Å². The number of sulfonamides is 1. The van der Waals surface area contributed by atoms with Crippen molar-refractivity contribution in [3.05, 3.63) is 48.8 Å². The number of methoxy groups -OCH3 is 1. The highest BCUT2D eigenvalue weighted by Crippen LogP contribution is 2.24. The van der Waals surface area contributed by atoms with Gasteiger partial charge in [-0.15, -0.1) is 0 Å². The van der Waals surface area contributed by atoms with Crippen molar-refractivity contribution in [2.24, 2.45) is 0 Å². The van der Waals surface area contributed by atoms with Crippen LogP contribution in [0.5, 0.6) is 11.5 Å². The molecule has 0 N–H and O–H groups in total. The number of rotatable bonds is 5. The minimum Gasteiger partial charge on any atom is -0.497 e. The lowest BCUT2D eigenvalue weighted by Crippen LogP contribution is -2.44. The highest BCUT2D eigenvalue weighted by Gasteiger charge is 2.31. The molecule has 2 aromatic rings. The van der Waals surface area contributed by atoms with E-state index in [0.717, 1.165) is 12.8 Å². The average Bonchev–Trinajstić information content (AvgIpc) is 2.63. The molecule has 0 saturated carbocycles. The van der Waals surface area contributed by atoms with Crippen LogP contribution in [0, 0.1) is 0 Å². The van der Waals surface area contributed by atoms with Crippen LogP contribution in [-0.2, 0) is 10.0 Å². The molecule has 1 aliphatic rings. The van der Waals surface area contributed by atoms with Crippen molar-refractivity contribution < 1.29 is 17.9 Å². The number of hydrogen-bond acceptors (Lipinski definition) is 5. The van der Waals surface area contributed by atoms with Crippen LogP contribution in [-0.4, -0.2) is 44.0 Å². The SMILES string of the molecule is COc1ccc(S(=O)(=O)N2CCCC(Oc3ccncc3)C2)cc1. The number of nitrogens with zero attached hydrogens (tertiary/aromatic N) is 2. The summed E-state index contributed by atoms with van der Waals surface area (Å²) in [5.74, 6) is 1.34. The molecule has 3 rings (SSSR count). The van der Waals surface area contributed by atoms with E-state index in [1.807, 2.05) is 0 Å². The summed E-state index contributed by atoms with van der Waals surface area (Å²) in [5.41, 5.74) is 0. The second-order valence-electron chi connectivity index (χ2n) is 5.60. The maximum Gasteiger partial charge on any atom is 0.243 e. The number of piperidine rings is 1. The second-order valence-corrected chi connectivity index (χ2v) is 7.54. The summed E-state index contributed by atoms with van der Waals surface area (Å²) in [4.78, 5) is 4.22. The third-order valence-corrected chi connectivity index (χ3v) is 5.87. The Morgan fingerprint density at radius 1 is 1.08 bits per heavy atom. The number of pyridine rings is 1. The molecule has 1 aromatic carbocycles. The molecule has 7 heteroatoms. The summed E-state index contributed by atoms with van der Waals surface area (Å²) >= 11 is 0. The predicted molar refractivity (Wildman–Crippen MR) is 89.6 cm³/mol. The summed E-state index contributed by atoms with van der Waals surface area (Å²) in [7, 11) is -1.98. The standard InChI is InChI=1S/C17H20N2O4S/c1-22-14-4-6-17(7-5-14)24(20,21)19-12-2-3-16(13-19)23-15-8-10-18-11-9-15/h4-11,16H,2-3,12-13H2,1H3. The molecular formula is C17H20N2O4S. The Morgan fingerprint density at radius 2 is 1.79 bits per heavy atom. The highest BCUT2D eigenvalue weighted by atomic mass is 32.2. The molecule has 1 fully saturated rings. The Bertz CT molecular complexity index is 763. The molecule has 0 amide bonds. The first-order chi connectivity index (χ1) is 11.6. The van der Waals surface area contributed by atoms with Crippen molar-refractivity contribution >= 4 is 10.0 Å². The van der Waals surface area contributed by atoms with E-state index in [0.29, 0.717) is 24.6 Å². The zero-order valence-electron chi connectivity index (χ0n) is 13.5. The van der Waals surface area contributed by atoms with E-state index in [2.05, 4.69) is 4.98 Å².